The first kappa shape index (κ1) is 15.5. The molecule has 0 atom stereocenters. The lowest BCUT2D eigenvalue weighted by molar-refractivity contribution is 0.392. The number of rotatable bonds is 5. The fourth-order valence-electron chi connectivity index (χ4n) is 2.33. The minimum atomic E-state index is -3.67. The van der Waals surface area contributed by atoms with Crippen molar-refractivity contribution in [3.63, 3.8) is 0 Å². The van der Waals surface area contributed by atoms with Crippen LogP contribution in [-0.4, -0.2) is 47.2 Å². The standard InChI is InChI=1S/C14H18N6O2S/c1-19(2)9-13-16-11-5-4-10(8-12(11)17-13)18-23(21,22)14-6-7-15-20(14)3/h4-8,18H,9H2,1-3H3,(H,16,17). The van der Waals surface area contributed by atoms with Gasteiger partial charge in [0.25, 0.3) is 10.0 Å². The number of anilines is 1. The Balaban J connectivity index is 1.90. The lowest BCUT2D eigenvalue weighted by Gasteiger charge is -2.07. The number of nitrogens with one attached hydrogen (secondary N) is 2. The van der Waals surface area contributed by atoms with E-state index in [4.69, 9.17) is 0 Å². The minimum Gasteiger partial charge on any atom is -0.341 e. The van der Waals surface area contributed by atoms with Crippen LogP contribution in [0.25, 0.3) is 11.0 Å². The van der Waals surface area contributed by atoms with Crippen LogP contribution in [-0.2, 0) is 23.6 Å². The first-order chi connectivity index (χ1) is 10.8. The van der Waals surface area contributed by atoms with Gasteiger partial charge in [0.05, 0.1) is 29.5 Å². The van der Waals surface area contributed by atoms with Crippen molar-refractivity contribution in [1.29, 1.82) is 0 Å². The molecule has 0 unspecified atom stereocenters. The summed E-state index contributed by atoms with van der Waals surface area (Å²) in [5, 5.41) is 3.99. The Labute approximate surface area is 134 Å². The van der Waals surface area contributed by atoms with Crippen molar-refractivity contribution < 1.29 is 8.42 Å². The van der Waals surface area contributed by atoms with E-state index < -0.39 is 10.0 Å². The van der Waals surface area contributed by atoms with Crippen molar-refractivity contribution in [1.82, 2.24) is 24.6 Å². The predicted octanol–water partition coefficient (Wildman–Crippen LogP) is 1.16. The fourth-order valence-corrected chi connectivity index (χ4v) is 3.51. The van der Waals surface area contributed by atoms with E-state index in [1.54, 1.807) is 25.2 Å². The number of aryl methyl sites for hydroxylation is 1. The van der Waals surface area contributed by atoms with E-state index in [2.05, 4.69) is 19.8 Å². The summed E-state index contributed by atoms with van der Waals surface area (Å²) < 4.78 is 28.6. The number of sulfonamides is 1. The van der Waals surface area contributed by atoms with Gasteiger partial charge >= 0.3 is 0 Å². The summed E-state index contributed by atoms with van der Waals surface area (Å²) in [6.07, 6.45) is 1.44. The molecule has 0 aliphatic rings. The molecule has 23 heavy (non-hydrogen) atoms. The molecule has 0 saturated carbocycles. The van der Waals surface area contributed by atoms with Gasteiger partial charge in [0.15, 0.2) is 5.03 Å². The molecular weight excluding hydrogens is 316 g/mol. The van der Waals surface area contributed by atoms with Crippen molar-refractivity contribution in [2.24, 2.45) is 7.05 Å². The van der Waals surface area contributed by atoms with Gasteiger partial charge in [0.1, 0.15) is 5.82 Å². The van der Waals surface area contributed by atoms with Gasteiger partial charge in [-0.1, -0.05) is 0 Å². The van der Waals surface area contributed by atoms with E-state index in [-0.39, 0.29) is 5.03 Å². The molecule has 2 heterocycles. The van der Waals surface area contributed by atoms with Gasteiger partial charge < -0.3 is 9.88 Å². The highest BCUT2D eigenvalue weighted by Gasteiger charge is 2.18. The minimum absolute atomic E-state index is 0.107. The maximum Gasteiger partial charge on any atom is 0.279 e. The van der Waals surface area contributed by atoms with E-state index >= 15 is 0 Å². The third-order valence-electron chi connectivity index (χ3n) is 3.30. The largest absolute Gasteiger partial charge is 0.341 e. The van der Waals surface area contributed by atoms with Gasteiger partial charge in [0.2, 0.25) is 0 Å². The molecule has 0 saturated heterocycles. The number of H-pyrrole nitrogens is 1. The first-order valence-electron chi connectivity index (χ1n) is 6.99. The Kier molecular flexibility index (Phi) is 3.82. The maximum absolute atomic E-state index is 12.4. The number of hydrogen-bond acceptors (Lipinski definition) is 5. The molecule has 3 rings (SSSR count). The van der Waals surface area contributed by atoms with Crippen LogP contribution in [0.2, 0.25) is 0 Å². The van der Waals surface area contributed by atoms with Gasteiger partial charge in [-0.3, -0.25) is 9.40 Å². The number of hydrogen-bond donors (Lipinski definition) is 2. The summed E-state index contributed by atoms with van der Waals surface area (Å²) in [7, 11) is 1.83. The lowest BCUT2D eigenvalue weighted by atomic mass is 10.3. The van der Waals surface area contributed by atoms with E-state index in [1.807, 2.05) is 19.0 Å². The molecule has 0 aliphatic carbocycles. The van der Waals surface area contributed by atoms with Crippen LogP contribution in [0.3, 0.4) is 0 Å². The van der Waals surface area contributed by atoms with Gasteiger partial charge in [-0.05, 0) is 38.4 Å². The van der Waals surface area contributed by atoms with Crippen LogP contribution in [0.4, 0.5) is 5.69 Å². The SMILES string of the molecule is CN(C)Cc1nc2ccc(NS(=O)(=O)c3ccnn3C)cc2[nH]1. The molecule has 0 fully saturated rings. The molecule has 0 bridgehead atoms. The number of fused-ring (bicyclic) bond motifs is 1. The van der Waals surface area contributed by atoms with Crippen LogP contribution >= 0.6 is 0 Å². The van der Waals surface area contributed by atoms with Crippen molar-refractivity contribution in [2.75, 3.05) is 18.8 Å². The molecule has 122 valence electrons. The molecule has 8 nitrogen and oxygen atoms in total. The van der Waals surface area contributed by atoms with Crippen LogP contribution in [0.15, 0.2) is 35.5 Å². The Hall–Kier alpha value is -2.39. The first-order valence-corrected chi connectivity index (χ1v) is 8.48. The second-order valence-corrected chi connectivity index (χ2v) is 7.18. The highest BCUT2D eigenvalue weighted by molar-refractivity contribution is 7.92. The molecule has 2 N–H and O–H groups in total. The second-order valence-electron chi connectivity index (χ2n) is 5.55. The summed E-state index contributed by atoms with van der Waals surface area (Å²) in [5.74, 6) is 0.830. The van der Waals surface area contributed by atoms with Crippen molar-refractivity contribution in [2.45, 2.75) is 11.6 Å². The zero-order valence-electron chi connectivity index (χ0n) is 13.1. The summed E-state index contributed by atoms with van der Waals surface area (Å²) >= 11 is 0. The zero-order chi connectivity index (χ0) is 16.6. The Morgan fingerprint density at radius 2 is 2.09 bits per heavy atom. The molecule has 0 spiro atoms. The fraction of sp³-hybridized carbons (Fsp3) is 0.286. The van der Waals surface area contributed by atoms with Gasteiger partial charge in [-0.2, -0.15) is 13.5 Å². The summed E-state index contributed by atoms with van der Waals surface area (Å²) in [6.45, 7) is 0.685. The smallest absolute Gasteiger partial charge is 0.279 e. The normalized spacial score (nSPS) is 12.2. The molecule has 2 aromatic heterocycles. The van der Waals surface area contributed by atoms with Gasteiger partial charge in [-0.25, -0.2) is 4.98 Å². The van der Waals surface area contributed by atoms with Crippen LogP contribution in [0.1, 0.15) is 5.82 Å². The monoisotopic (exact) mass is 334 g/mol. The third kappa shape index (κ3) is 3.20. The molecule has 1 aromatic carbocycles. The average molecular weight is 334 g/mol. The zero-order valence-corrected chi connectivity index (χ0v) is 13.9. The van der Waals surface area contributed by atoms with Crippen molar-refractivity contribution in [3.8, 4) is 0 Å². The third-order valence-corrected chi connectivity index (χ3v) is 4.76. The second kappa shape index (κ2) is 5.67. The number of aromatic nitrogens is 4. The number of aromatic amines is 1. The lowest BCUT2D eigenvalue weighted by Crippen LogP contribution is -2.16. The van der Waals surface area contributed by atoms with Crippen LogP contribution in [0, 0.1) is 0 Å². The van der Waals surface area contributed by atoms with Crippen molar-refractivity contribution in [3.05, 3.63) is 36.3 Å². The van der Waals surface area contributed by atoms with Crippen molar-refractivity contribution >= 4 is 26.7 Å². The Morgan fingerprint density at radius 3 is 2.74 bits per heavy atom. The van der Waals surface area contributed by atoms with Crippen LogP contribution < -0.4 is 4.72 Å². The van der Waals surface area contributed by atoms with E-state index in [1.165, 1.54) is 16.9 Å². The molecule has 9 heteroatoms. The van der Waals surface area contributed by atoms with Gasteiger partial charge in [-0.15, -0.1) is 0 Å². The van der Waals surface area contributed by atoms with E-state index in [9.17, 15) is 8.42 Å². The van der Waals surface area contributed by atoms with E-state index in [0.29, 0.717) is 12.2 Å². The quantitative estimate of drug-likeness (QED) is 0.730. The maximum atomic E-state index is 12.4. The number of imidazole rings is 1. The molecular formula is C14H18N6O2S. The highest BCUT2D eigenvalue weighted by Crippen LogP contribution is 2.20. The summed E-state index contributed by atoms with van der Waals surface area (Å²) in [5.41, 5.74) is 2.05. The topological polar surface area (TPSA) is 95.9 Å². The molecule has 0 aliphatic heterocycles. The number of nitrogens with zero attached hydrogens (tertiary/aromatic N) is 4. The average Bonchev–Trinajstić information content (AvgIpc) is 3.03. The molecule has 3 aromatic rings. The number of benzene rings is 1. The Morgan fingerprint density at radius 1 is 1.30 bits per heavy atom. The summed E-state index contributed by atoms with van der Waals surface area (Å²) in [4.78, 5) is 9.66. The van der Waals surface area contributed by atoms with Crippen LogP contribution in [0.5, 0.6) is 0 Å². The summed E-state index contributed by atoms with van der Waals surface area (Å²) in [6, 6.07) is 6.66. The predicted molar refractivity (Wildman–Crippen MR) is 87.5 cm³/mol. The van der Waals surface area contributed by atoms with E-state index in [0.717, 1.165) is 16.9 Å². The highest BCUT2D eigenvalue weighted by atomic mass is 32.2. The van der Waals surface area contributed by atoms with Gasteiger partial charge in [0, 0.05) is 7.05 Å². The molecule has 0 radical (unpaired) electrons. The Bertz CT molecular complexity index is 941. The molecule has 0 amide bonds.